The predicted octanol–water partition coefficient (Wildman–Crippen LogP) is 3.21. The Bertz CT molecular complexity index is 552. The summed E-state index contributed by atoms with van der Waals surface area (Å²) in [7, 11) is 4.01. The van der Waals surface area contributed by atoms with Crippen molar-refractivity contribution in [2.24, 2.45) is 0 Å². The highest BCUT2D eigenvalue weighted by atomic mass is 79.9. The van der Waals surface area contributed by atoms with Crippen LogP contribution in [-0.4, -0.2) is 19.2 Å². The van der Waals surface area contributed by atoms with Crippen molar-refractivity contribution in [1.29, 1.82) is 0 Å². The van der Waals surface area contributed by atoms with Crippen molar-refractivity contribution in [3.63, 3.8) is 0 Å². The molecule has 2 rings (SSSR count). The highest BCUT2D eigenvalue weighted by Crippen LogP contribution is 2.28. The van der Waals surface area contributed by atoms with Crippen molar-refractivity contribution < 1.29 is 9.52 Å². The van der Waals surface area contributed by atoms with Gasteiger partial charge >= 0.3 is 0 Å². The summed E-state index contributed by atoms with van der Waals surface area (Å²) in [5.41, 5.74) is 2.14. The Morgan fingerprint density at radius 1 is 1.21 bits per heavy atom. The molecule has 1 aromatic carbocycles. The monoisotopic (exact) mass is 324 g/mol. The molecule has 102 valence electrons. The molecule has 2 aromatic rings. The SMILES string of the molecule is CN(C)c1ccc(Br)cc1NCc1ccc(CO)o1. The van der Waals surface area contributed by atoms with Gasteiger partial charge in [0.15, 0.2) is 0 Å². The second-order valence-electron chi connectivity index (χ2n) is 4.44. The van der Waals surface area contributed by atoms with Gasteiger partial charge in [0.05, 0.1) is 17.9 Å². The number of furan rings is 1. The molecule has 19 heavy (non-hydrogen) atoms. The number of aliphatic hydroxyl groups is 1. The van der Waals surface area contributed by atoms with Crippen molar-refractivity contribution in [1.82, 2.24) is 0 Å². The van der Waals surface area contributed by atoms with E-state index in [2.05, 4.69) is 26.1 Å². The average molecular weight is 325 g/mol. The summed E-state index contributed by atoms with van der Waals surface area (Å²) in [5, 5.41) is 12.3. The van der Waals surface area contributed by atoms with Crippen LogP contribution in [0.4, 0.5) is 11.4 Å². The van der Waals surface area contributed by atoms with Crippen LogP contribution in [0.1, 0.15) is 11.5 Å². The Morgan fingerprint density at radius 3 is 2.58 bits per heavy atom. The number of halogens is 1. The molecule has 1 aromatic heterocycles. The van der Waals surface area contributed by atoms with Crippen LogP contribution in [-0.2, 0) is 13.2 Å². The molecule has 0 aliphatic carbocycles. The molecule has 0 saturated carbocycles. The maximum absolute atomic E-state index is 8.96. The summed E-state index contributed by atoms with van der Waals surface area (Å²) in [5.74, 6) is 1.38. The second kappa shape index (κ2) is 6.12. The zero-order valence-electron chi connectivity index (χ0n) is 11.0. The molecule has 0 bridgehead atoms. The smallest absolute Gasteiger partial charge is 0.129 e. The lowest BCUT2D eigenvalue weighted by Crippen LogP contribution is -2.12. The molecule has 5 heteroatoms. The number of nitrogens with one attached hydrogen (secondary N) is 1. The van der Waals surface area contributed by atoms with Crippen molar-refractivity contribution in [3.05, 3.63) is 46.3 Å². The molecule has 0 radical (unpaired) electrons. The van der Waals surface area contributed by atoms with Gasteiger partial charge in [0, 0.05) is 18.6 Å². The number of rotatable bonds is 5. The van der Waals surface area contributed by atoms with Gasteiger partial charge in [-0.1, -0.05) is 15.9 Å². The minimum Gasteiger partial charge on any atom is -0.462 e. The fraction of sp³-hybridized carbons (Fsp3) is 0.286. The third-order valence-electron chi connectivity index (χ3n) is 2.77. The van der Waals surface area contributed by atoms with Gasteiger partial charge in [0.1, 0.15) is 18.1 Å². The number of hydrogen-bond acceptors (Lipinski definition) is 4. The van der Waals surface area contributed by atoms with Gasteiger partial charge in [-0.05, 0) is 30.3 Å². The Hall–Kier alpha value is -1.46. The normalized spacial score (nSPS) is 10.5. The molecule has 4 nitrogen and oxygen atoms in total. The lowest BCUT2D eigenvalue weighted by molar-refractivity contribution is 0.244. The standard InChI is InChI=1S/C14H17BrN2O2/c1-17(2)14-6-3-10(15)7-13(14)16-8-11-4-5-12(9-18)19-11/h3-7,16,18H,8-9H2,1-2H3. The molecular formula is C14H17BrN2O2. The number of nitrogens with zero attached hydrogens (tertiary/aromatic N) is 1. The quantitative estimate of drug-likeness (QED) is 0.886. The van der Waals surface area contributed by atoms with E-state index >= 15 is 0 Å². The van der Waals surface area contributed by atoms with Gasteiger partial charge in [0.2, 0.25) is 0 Å². The van der Waals surface area contributed by atoms with E-state index in [1.54, 1.807) is 6.07 Å². The minimum absolute atomic E-state index is 0.0696. The van der Waals surface area contributed by atoms with E-state index in [9.17, 15) is 0 Å². The van der Waals surface area contributed by atoms with Gasteiger partial charge in [-0.25, -0.2) is 0 Å². The molecule has 0 spiro atoms. The molecule has 2 N–H and O–H groups in total. The first-order valence-electron chi connectivity index (χ1n) is 5.99. The molecule has 1 heterocycles. The number of anilines is 2. The van der Waals surface area contributed by atoms with E-state index in [1.165, 1.54) is 0 Å². The Kier molecular flexibility index (Phi) is 4.50. The minimum atomic E-state index is -0.0696. The number of hydrogen-bond donors (Lipinski definition) is 2. The van der Waals surface area contributed by atoms with Gasteiger partial charge in [-0.15, -0.1) is 0 Å². The lowest BCUT2D eigenvalue weighted by Gasteiger charge is -2.18. The maximum Gasteiger partial charge on any atom is 0.129 e. The molecule has 0 unspecified atom stereocenters. The lowest BCUT2D eigenvalue weighted by atomic mass is 10.2. The number of aliphatic hydroxyl groups excluding tert-OH is 1. The third-order valence-corrected chi connectivity index (χ3v) is 3.26. The average Bonchev–Trinajstić information content (AvgIpc) is 2.84. The fourth-order valence-corrected chi connectivity index (χ4v) is 2.19. The van der Waals surface area contributed by atoms with Crippen LogP contribution < -0.4 is 10.2 Å². The van der Waals surface area contributed by atoms with Crippen molar-refractivity contribution in [2.75, 3.05) is 24.3 Å². The molecule has 0 aliphatic heterocycles. The van der Waals surface area contributed by atoms with Crippen LogP contribution >= 0.6 is 15.9 Å². The largest absolute Gasteiger partial charge is 0.462 e. The molecule has 0 fully saturated rings. The second-order valence-corrected chi connectivity index (χ2v) is 5.35. The molecule has 0 saturated heterocycles. The van der Waals surface area contributed by atoms with Crippen molar-refractivity contribution >= 4 is 27.3 Å². The molecule has 0 amide bonds. The Labute approximate surface area is 121 Å². The first-order chi connectivity index (χ1) is 9.10. The predicted molar refractivity (Wildman–Crippen MR) is 80.4 cm³/mol. The van der Waals surface area contributed by atoms with Crippen molar-refractivity contribution in [2.45, 2.75) is 13.2 Å². The zero-order valence-corrected chi connectivity index (χ0v) is 12.6. The summed E-state index contributed by atoms with van der Waals surface area (Å²) in [6.07, 6.45) is 0. The summed E-state index contributed by atoms with van der Waals surface area (Å²) in [6.45, 7) is 0.511. The van der Waals surface area contributed by atoms with Gasteiger partial charge in [0.25, 0.3) is 0 Å². The molecule has 0 atom stereocenters. The van der Waals surface area contributed by atoms with Crippen molar-refractivity contribution in [3.8, 4) is 0 Å². The van der Waals surface area contributed by atoms with Crippen LogP contribution in [0.15, 0.2) is 39.2 Å². The van der Waals surface area contributed by atoms with E-state index in [4.69, 9.17) is 9.52 Å². The van der Waals surface area contributed by atoms with Gasteiger partial charge < -0.3 is 19.7 Å². The first kappa shape index (κ1) is 14.0. The third kappa shape index (κ3) is 3.52. The van der Waals surface area contributed by atoms with E-state index in [1.807, 2.05) is 38.4 Å². The highest BCUT2D eigenvalue weighted by Gasteiger charge is 2.06. The fourth-order valence-electron chi connectivity index (χ4n) is 1.82. The first-order valence-corrected chi connectivity index (χ1v) is 6.78. The zero-order chi connectivity index (χ0) is 13.8. The van der Waals surface area contributed by atoms with Crippen LogP contribution in [0.25, 0.3) is 0 Å². The van der Waals surface area contributed by atoms with E-state index < -0.39 is 0 Å². The number of benzene rings is 1. The highest BCUT2D eigenvalue weighted by molar-refractivity contribution is 9.10. The van der Waals surface area contributed by atoms with E-state index in [0.29, 0.717) is 12.3 Å². The summed E-state index contributed by atoms with van der Waals surface area (Å²) >= 11 is 3.47. The summed E-state index contributed by atoms with van der Waals surface area (Å²) in [6, 6.07) is 9.74. The Balaban J connectivity index is 2.12. The molecule has 0 aliphatic rings. The Morgan fingerprint density at radius 2 is 1.95 bits per heavy atom. The van der Waals surface area contributed by atoms with Gasteiger partial charge in [-0.3, -0.25) is 0 Å². The van der Waals surface area contributed by atoms with Crippen LogP contribution in [0.5, 0.6) is 0 Å². The topological polar surface area (TPSA) is 48.6 Å². The van der Waals surface area contributed by atoms with E-state index in [0.717, 1.165) is 21.6 Å². The van der Waals surface area contributed by atoms with Gasteiger partial charge in [-0.2, -0.15) is 0 Å². The van der Waals surface area contributed by atoms with E-state index in [-0.39, 0.29) is 6.61 Å². The summed E-state index contributed by atoms with van der Waals surface area (Å²) in [4.78, 5) is 2.05. The van der Waals surface area contributed by atoms with Crippen LogP contribution in [0.2, 0.25) is 0 Å². The molecular weight excluding hydrogens is 308 g/mol. The van der Waals surface area contributed by atoms with Crippen LogP contribution in [0.3, 0.4) is 0 Å². The summed E-state index contributed by atoms with van der Waals surface area (Å²) < 4.78 is 6.47. The maximum atomic E-state index is 8.96. The van der Waals surface area contributed by atoms with Crippen LogP contribution in [0, 0.1) is 0 Å².